The molecule has 112 valence electrons. The molecule has 1 N–H and O–H groups in total. The molecule has 0 amide bonds. The number of rotatable bonds is 3. The molecule has 0 heterocycles. The Balaban J connectivity index is 1.80. The Labute approximate surface area is 120 Å². The summed E-state index contributed by atoms with van der Waals surface area (Å²) in [6.07, 6.45) is 11.6. The second kappa shape index (κ2) is 6.61. The molecular weight excluding hydrogens is 230 g/mol. The zero-order chi connectivity index (χ0) is 13.9. The van der Waals surface area contributed by atoms with Crippen molar-refractivity contribution in [3.63, 3.8) is 0 Å². The minimum Gasteiger partial charge on any atom is -0.313 e. The van der Waals surface area contributed by atoms with Gasteiger partial charge < -0.3 is 5.32 Å². The SMILES string of the molecule is CC1CCC(CNC2CCCCC2C(C)(C)C)CC1. The Hall–Kier alpha value is -0.0400. The molecule has 0 spiro atoms. The van der Waals surface area contributed by atoms with Gasteiger partial charge in [0.15, 0.2) is 0 Å². The van der Waals surface area contributed by atoms with E-state index in [9.17, 15) is 0 Å². The highest BCUT2D eigenvalue weighted by Gasteiger charge is 2.34. The van der Waals surface area contributed by atoms with E-state index in [4.69, 9.17) is 0 Å². The van der Waals surface area contributed by atoms with Crippen molar-refractivity contribution in [3.8, 4) is 0 Å². The predicted octanol–water partition coefficient (Wildman–Crippen LogP) is 5.01. The van der Waals surface area contributed by atoms with Gasteiger partial charge in [0, 0.05) is 6.04 Å². The molecule has 2 unspecified atom stereocenters. The first kappa shape index (κ1) is 15.4. The maximum atomic E-state index is 3.96. The molecule has 1 heteroatoms. The molecule has 0 aromatic rings. The maximum Gasteiger partial charge on any atom is 0.0100 e. The number of nitrogens with one attached hydrogen (secondary N) is 1. The second-order valence-corrected chi connectivity index (χ2v) is 8.40. The molecule has 0 bridgehead atoms. The highest BCUT2D eigenvalue weighted by atomic mass is 14.9. The average Bonchev–Trinajstić information content (AvgIpc) is 2.37. The highest BCUT2D eigenvalue weighted by molar-refractivity contribution is 4.88. The number of hydrogen-bond acceptors (Lipinski definition) is 1. The van der Waals surface area contributed by atoms with Crippen molar-refractivity contribution in [2.45, 2.75) is 85.1 Å². The molecule has 0 aromatic heterocycles. The minimum absolute atomic E-state index is 0.471. The average molecular weight is 265 g/mol. The van der Waals surface area contributed by atoms with Crippen molar-refractivity contribution in [1.29, 1.82) is 0 Å². The largest absolute Gasteiger partial charge is 0.313 e. The first-order chi connectivity index (χ1) is 8.97. The first-order valence-electron chi connectivity index (χ1n) is 8.70. The third-order valence-electron chi connectivity index (χ3n) is 5.68. The van der Waals surface area contributed by atoms with Gasteiger partial charge in [-0.25, -0.2) is 0 Å². The Kier molecular flexibility index (Phi) is 5.34. The molecule has 0 saturated heterocycles. The van der Waals surface area contributed by atoms with Crippen LogP contribution in [0.1, 0.15) is 79.1 Å². The summed E-state index contributed by atoms with van der Waals surface area (Å²) in [5.74, 6) is 2.82. The van der Waals surface area contributed by atoms with E-state index >= 15 is 0 Å². The standard InChI is InChI=1S/C18H35N/c1-14-9-11-15(12-10-14)13-19-17-8-6-5-7-16(17)18(2,3)4/h14-17,19H,5-13H2,1-4H3. The van der Waals surface area contributed by atoms with Gasteiger partial charge >= 0.3 is 0 Å². The molecule has 0 radical (unpaired) electrons. The van der Waals surface area contributed by atoms with Crippen LogP contribution in [0.25, 0.3) is 0 Å². The van der Waals surface area contributed by atoms with Crippen LogP contribution in [0.4, 0.5) is 0 Å². The molecule has 2 saturated carbocycles. The van der Waals surface area contributed by atoms with Crippen LogP contribution in [0.5, 0.6) is 0 Å². The lowest BCUT2D eigenvalue weighted by molar-refractivity contribution is 0.124. The Morgan fingerprint density at radius 1 is 0.895 bits per heavy atom. The third kappa shape index (κ3) is 4.48. The fraction of sp³-hybridized carbons (Fsp3) is 1.00. The van der Waals surface area contributed by atoms with E-state index in [0.717, 1.165) is 23.8 Å². The summed E-state index contributed by atoms with van der Waals surface area (Å²) in [6.45, 7) is 11.0. The molecule has 19 heavy (non-hydrogen) atoms. The van der Waals surface area contributed by atoms with Crippen molar-refractivity contribution in [2.24, 2.45) is 23.2 Å². The van der Waals surface area contributed by atoms with Gasteiger partial charge in [0.1, 0.15) is 0 Å². The molecule has 2 aliphatic rings. The van der Waals surface area contributed by atoms with Crippen LogP contribution in [0.15, 0.2) is 0 Å². The Bertz CT molecular complexity index is 257. The lowest BCUT2D eigenvalue weighted by Crippen LogP contribution is -2.46. The number of hydrogen-bond donors (Lipinski definition) is 1. The summed E-state index contributed by atoms with van der Waals surface area (Å²) in [5, 5.41) is 3.96. The normalized spacial score (nSPS) is 37.3. The molecule has 2 rings (SSSR count). The molecular formula is C18H35N. The zero-order valence-corrected chi connectivity index (χ0v) is 13.7. The van der Waals surface area contributed by atoms with Crippen molar-refractivity contribution in [3.05, 3.63) is 0 Å². The van der Waals surface area contributed by atoms with Crippen molar-refractivity contribution < 1.29 is 0 Å². The molecule has 0 aromatic carbocycles. The first-order valence-corrected chi connectivity index (χ1v) is 8.70. The van der Waals surface area contributed by atoms with E-state index in [2.05, 4.69) is 33.0 Å². The van der Waals surface area contributed by atoms with Gasteiger partial charge in [-0.3, -0.25) is 0 Å². The van der Waals surface area contributed by atoms with E-state index in [0.29, 0.717) is 5.41 Å². The minimum atomic E-state index is 0.471. The monoisotopic (exact) mass is 265 g/mol. The van der Waals surface area contributed by atoms with Crippen LogP contribution < -0.4 is 5.32 Å². The van der Waals surface area contributed by atoms with Gasteiger partial charge in [0.05, 0.1) is 0 Å². The summed E-state index contributed by atoms with van der Waals surface area (Å²) in [4.78, 5) is 0. The van der Waals surface area contributed by atoms with Crippen LogP contribution >= 0.6 is 0 Å². The van der Waals surface area contributed by atoms with E-state index in [1.807, 2.05) is 0 Å². The van der Waals surface area contributed by atoms with Gasteiger partial charge in [0.2, 0.25) is 0 Å². The summed E-state index contributed by atoms with van der Waals surface area (Å²) >= 11 is 0. The molecule has 1 nitrogen and oxygen atoms in total. The van der Waals surface area contributed by atoms with Crippen LogP contribution in [0.3, 0.4) is 0 Å². The van der Waals surface area contributed by atoms with Crippen molar-refractivity contribution >= 4 is 0 Å². The lowest BCUT2D eigenvalue weighted by atomic mass is 9.69. The van der Waals surface area contributed by atoms with Crippen LogP contribution in [-0.4, -0.2) is 12.6 Å². The van der Waals surface area contributed by atoms with Crippen molar-refractivity contribution in [1.82, 2.24) is 5.32 Å². The predicted molar refractivity (Wildman–Crippen MR) is 84.3 cm³/mol. The Morgan fingerprint density at radius 2 is 1.53 bits per heavy atom. The smallest absolute Gasteiger partial charge is 0.0100 e. The van der Waals surface area contributed by atoms with Gasteiger partial charge in [-0.1, -0.05) is 53.4 Å². The van der Waals surface area contributed by atoms with Crippen LogP contribution in [0.2, 0.25) is 0 Å². The van der Waals surface area contributed by atoms with Crippen LogP contribution in [0, 0.1) is 23.2 Å². The molecule has 2 atom stereocenters. The van der Waals surface area contributed by atoms with E-state index in [-0.39, 0.29) is 0 Å². The molecule has 0 aliphatic heterocycles. The summed E-state index contributed by atoms with van der Waals surface area (Å²) in [7, 11) is 0. The Morgan fingerprint density at radius 3 is 2.16 bits per heavy atom. The lowest BCUT2D eigenvalue weighted by Gasteiger charge is -2.41. The molecule has 2 fully saturated rings. The summed E-state index contributed by atoms with van der Waals surface area (Å²) < 4.78 is 0. The van der Waals surface area contributed by atoms with Gasteiger partial charge in [-0.2, -0.15) is 0 Å². The third-order valence-corrected chi connectivity index (χ3v) is 5.68. The second-order valence-electron chi connectivity index (χ2n) is 8.40. The van der Waals surface area contributed by atoms with E-state index in [1.165, 1.54) is 57.9 Å². The summed E-state index contributed by atoms with van der Waals surface area (Å²) in [5.41, 5.74) is 0.471. The topological polar surface area (TPSA) is 12.0 Å². The fourth-order valence-corrected chi connectivity index (χ4v) is 4.26. The fourth-order valence-electron chi connectivity index (χ4n) is 4.26. The van der Waals surface area contributed by atoms with E-state index < -0.39 is 0 Å². The zero-order valence-electron chi connectivity index (χ0n) is 13.7. The molecule has 2 aliphatic carbocycles. The van der Waals surface area contributed by atoms with E-state index in [1.54, 1.807) is 0 Å². The van der Waals surface area contributed by atoms with Gasteiger partial charge in [0.25, 0.3) is 0 Å². The van der Waals surface area contributed by atoms with Crippen LogP contribution in [-0.2, 0) is 0 Å². The van der Waals surface area contributed by atoms with Crippen molar-refractivity contribution in [2.75, 3.05) is 6.54 Å². The summed E-state index contributed by atoms with van der Waals surface area (Å²) in [6, 6.07) is 0.785. The maximum absolute atomic E-state index is 3.96. The van der Waals surface area contributed by atoms with Gasteiger partial charge in [-0.05, 0) is 55.4 Å². The quantitative estimate of drug-likeness (QED) is 0.756. The van der Waals surface area contributed by atoms with Gasteiger partial charge in [-0.15, -0.1) is 0 Å². The highest BCUT2D eigenvalue weighted by Crippen LogP contribution is 2.38.